The Kier molecular flexibility index (Phi) is 4.31. The van der Waals surface area contributed by atoms with E-state index in [2.05, 4.69) is 10.1 Å². The Morgan fingerprint density at radius 2 is 1.74 bits per heavy atom. The van der Waals surface area contributed by atoms with Gasteiger partial charge in [0.1, 0.15) is 5.75 Å². The van der Waals surface area contributed by atoms with Gasteiger partial charge in [0.15, 0.2) is 0 Å². The summed E-state index contributed by atoms with van der Waals surface area (Å²) >= 11 is 0. The van der Waals surface area contributed by atoms with E-state index in [1.165, 1.54) is 24.3 Å². The van der Waals surface area contributed by atoms with Crippen LogP contribution in [-0.2, 0) is 0 Å². The monoisotopic (exact) mass is 275 g/mol. The molecule has 1 fully saturated rings. The number of aliphatic hydroxyl groups is 1. The molecule has 1 unspecified atom stereocenters. The zero-order chi connectivity index (χ0) is 13.9. The Hall–Kier alpha value is -1.27. The fourth-order valence-corrected chi connectivity index (χ4v) is 2.30. The summed E-state index contributed by atoms with van der Waals surface area (Å²) in [4.78, 5) is 0. The summed E-state index contributed by atoms with van der Waals surface area (Å²) in [6.07, 6.45) is -3.60. The fourth-order valence-electron chi connectivity index (χ4n) is 2.30. The molecule has 0 aromatic heterocycles. The number of aliphatic hydroxyl groups excluding tert-OH is 1. The summed E-state index contributed by atoms with van der Waals surface area (Å²) in [6, 6.07) is 5.42. The van der Waals surface area contributed by atoms with Gasteiger partial charge in [0.05, 0.1) is 6.10 Å². The van der Waals surface area contributed by atoms with Crippen LogP contribution >= 0.6 is 0 Å². The van der Waals surface area contributed by atoms with E-state index in [0.717, 1.165) is 25.9 Å². The Balaban J connectivity index is 2.01. The first-order chi connectivity index (χ1) is 8.96. The molecule has 1 aliphatic heterocycles. The number of hydrogen-bond donors (Lipinski definition) is 2. The highest BCUT2D eigenvalue weighted by Gasteiger charge is 2.31. The average Bonchev–Trinajstić information content (AvgIpc) is 2.38. The first-order valence-electron chi connectivity index (χ1n) is 6.20. The van der Waals surface area contributed by atoms with Gasteiger partial charge < -0.3 is 15.2 Å². The van der Waals surface area contributed by atoms with Crippen molar-refractivity contribution in [1.29, 1.82) is 0 Å². The topological polar surface area (TPSA) is 41.5 Å². The first-order valence-corrected chi connectivity index (χ1v) is 6.20. The van der Waals surface area contributed by atoms with Crippen LogP contribution in [0.2, 0.25) is 0 Å². The van der Waals surface area contributed by atoms with Gasteiger partial charge in [-0.2, -0.15) is 0 Å². The van der Waals surface area contributed by atoms with Crippen molar-refractivity contribution in [3.63, 3.8) is 0 Å². The molecule has 0 bridgehead atoms. The molecule has 6 heteroatoms. The predicted octanol–water partition coefficient (Wildman–Crippen LogP) is 2.62. The normalized spacial score (nSPS) is 19.2. The molecule has 1 aliphatic rings. The lowest BCUT2D eigenvalue weighted by Gasteiger charge is -2.27. The van der Waals surface area contributed by atoms with Crippen molar-refractivity contribution in [3.05, 3.63) is 29.8 Å². The summed E-state index contributed by atoms with van der Waals surface area (Å²) in [5.74, 6) is -0.121. The number of piperidine rings is 1. The number of rotatable bonds is 3. The van der Waals surface area contributed by atoms with Crippen LogP contribution in [0.5, 0.6) is 5.75 Å². The van der Waals surface area contributed by atoms with Gasteiger partial charge in [-0.1, -0.05) is 12.1 Å². The van der Waals surface area contributed by atoms with Crippen molar-refractivity contribution < 1.29 is 23.0 Å². The largest absolute Gasteiger partial charge is 0.573 e. The van der Waals surface area contributed by atoms with Gasteiger partial charge in [-0.15, -0.1) is 13.2 Å². The van der Waals surface area contributed by atoms with Crippen LogP contribution in [0.15, 0.2) is 24.3 Å². The van der Waals surface area contributed by atoms with Crippen LogP contribution in [0, 0.1) is 5.92 Å². The minimum atomic E-state index is -4.69. The molecule has 2 N–H and O–H groups in total. The average molecular weight is 275 g/mol. The van der Waals surface area contributed by atoms with Crippen molar-refractivity contribution in [2.24, 2.45) is 5.92 Å². The summed E-state index contributed by atoms with van der Waals surface area (Å²) in [7, 11) is 0. The van der Waals surface area contributed by atoms with Crippen LogP contribution in [0.3, 0.4) is 0 Å². The second-order valence-corrected chi connectivity index (χ2v) is 4.65. The smallest absolute Gasteiger partial charge is 0.406 e. The van der Waals surface area contributed by atoms with Crippen molar-refractivity contribution in [2.75, 3.05) is 13.1 Å². The van der Waals surface area contributed by atoms with Gasteiger partial charge in [-0.3, -0.25) is 0 Å². The predicted molar refractivity (Wildman–Crippen MR) is 63.7 cm³/mol. The second kappa shape index (κ2) is 5.79. The number of alkyl halides is 3. The van der Waals surface area contributed by atoms with Gasteiger partial charge in [0.25, 0.3) is 0 Å². The summed E-state index contributed by atoms with van der Waals surface area (Å²) in [5.41, 5.74) is 0.626. The number of benzene rings is 1. The van der Waals surface area contributed by atoms with Crippen molar-refractivity contribution >= 4 is 0 Å². The molecule has 2 rings (SSSR count). The standard InChI is InChI=1S/C13H16F3NO2/c14-13(15,16)19-11-3-1-9(2-4-11)12(18)10-5-7-17-8-6-10/h1-4,10,12,17-18H,5-8H2. The van der Waals surface area contributed by atoms with Crippen LogP contribution in [0.4, 0.5) is 13.2 Å². The highest BCUT2D eigenvalue weighted by molar-refractivity contribution is 5.29. The Labute approximate surface area is 109 Å². The van der Waals surface area contributed by atoms with Gasteiger partial charge >= 0.3 is 6.36 Å². The molecule has 0 spiro atoms. The van der Waals surface area contributed by atoms with Crippen LogP contribution < -0.4 is 10.1 Å². The van der Waals surface area contributed by atoms with E-state index in [4.69, 9.17) is 0 Å². The molecule has 106 valence electrons. The van der Waals surface area contributed by atoms with E-state index in [0.29, 0.717) is 5.56 Å². The quantitative estimate of drug-likeness (QED) is 0.891. The molecule has 1 aromatic rings. The number of hydrogen-bond acceptors (Lipinski definition) is 3. The molecule has 0 aliphatic carbocycles. The van der Waals surface area contributed by atoms with E-state index in [1.807, 2.05) is 0 Å². The minimum Gasteiger partial charge on any atom is -0.406 e. The van der Waals surface area contributed by atoms with Crippen LogP contribution in [0.1, 0.15) is 24.5 Å². The molecule has 0 amide bonds. The van der Waals surface area contributed by atoms with Gasteiger partial charge in [0.2, 0.25) is 0 Å². The molecular weight excluding hydrogens is 259 g/mol. The number of ether oxygens (including phenoxy) is 1. The molecule has 0 saturated carbocycles. The van der Waals surface area contributed by atoms with Crippen LogP contribution in [-0.4, -0.2) is 24.6 Å². The minimum absolute atomic E-state index is 0.149. The number of nitrogens with one attached hydrogen (secondary N) is 1. The molecule has 1 aromatic carbocycles. The molecule has 19 heavy (non-hydrogen) atoms. The SMILES string of the molecule is OC(c1ccc(OC(F)(F)F)cc1)C1CCNCC1. The molecule has 0 radical (unpaired) electrons. The summed E-state index contributed by atoms with van der Waals surface area (Å²) in [5, 5.41) is 13.4. The highest BCUT2D eigenvalue weighted by Crippen LogP contribution is 2.30. The van der Waals surface area contributed by atoms with E-state index >= 15 is 0 Å². The molecule has 1 saturated heterocycles. The molecule has 1 heterocycles. The van der Waals surface area contributed by atoms with Gasteiger partial charge in [-0.25, -0.2) is 0 Å². The third-order valence-corrected chi connectivity index (χ3v) is 3.29. The number of halogens is 3. The Morgan fingerprint density at radius 3 is 2.26 bits per heavy atom. The maximum Gasteiger partial charge on any atom is 0.573 e. The second-order valence-electron chi connectivity index (χ2n) is 4.65. The molecule has 3 nitrogen and oxygen atoms in total. The maximum atomic E-state index is 12.0. The van der Waals surface area contributed by atoms with Crippen molar-refractivity contribution in [3.8, 4) is 5.75 Å². The lowest BCUT2D eigenvalue weighted by Crippen LogP contribution is -2.30. The maximum absolute atomic E-state index is 12.0. The Morgan fingerprint density at radius 1 is 1.16 bits per heavy atom. The lowest BCUT2D eigenvalue weighted by molar-refractivity contribution is -0.274. The zero-order valence-electron chi connectivity index (χ0n) is 10.3. The highest BCUT2D eigenvalue weighted by atomic mass is 19.4. The first kappa shape index (κ1) is 14.1. The molecular formula is C13H16F3NO2. The van der Waals surface area contributed by atoms with Crippen molar-refractivity contribution in [1.82, 2.24) is 5.32 Å². The van der Waals surface area contributed by atoms with Crippen molar-refractivity contribution in [2.45, 2.75) is 25.3 Å². The lowest BCUT2D eigenvalue weighted by atomic mass is 9.88. The summed E-state index contributed by atoms with van der Waals surface area (Å²) in [6.45, 7) is 1.72. The van der Waals surface area contributed by atoms with Gasteiger partial charge in [-0.05, 0) is 49.5 Å². The third kappa shape index (κ3) is 4.11. The fraction of sp³-hybridized carbons (Fsp3) is 0.538. The van der Waals surface area contributed by atoms with Gasteiger partial charge in [0, 0.05) is 0 Å². The van der Waals surface area contributed by atoms with E-state index < -0.39 is 12.5 Å². The van der Waals surface area contributed by atoms with E-state index in [9.17, 15) is 18.3 Å². The Bertz CT molecular complexity index is 399. The zero-order valence-corrected chi connectivity index (χ0v) is 10.3. The molecule has 1 atom stereocenters. The third-order valence-electron chi connectivity index (χ3n) is 3.29. The van der Waals surface area contributed by atoms with E-state index in [-0.39, 0.29) is 11.7 Å². The summed E-state index contributed by atoms with van der Waals surface area (Å²) < 4.78 is 39.8. The van der Waals surface area contributed by atoms with Crippen LogP contribution in [0.25, 0.3) is 0 Å². The van der Waals surface area contributed by atoms with E-state index in [1.54, 1.807) is 0 Å².